The molecule has 0 saturated heterocycles. The Morgan fingerprint density at radius 3 is 2.76 bits per heavy atom. The number of H-pyrrole nitrogens is 1. The van der Waals surface area contributed by atoms with Crippen LogP contribution in [0, 0.1) is 10.1 Å². The zero-order valence-corrected chi connectivity index (χ0v) is 19.4. The second-order valence-electron chi connectivity index (χ2n) is 7.78. The van der Waals surface area contributed by atoms with Crippen LogP contribution in [0.2, 0.25) is 0 Å². The molecule has 188 valence electrons. The van der Waals surface area contributed by atoms with E-state index < -0.39 is 23.0 Å². The molecule has 0 bridgehead atoms. The van der Waals surface area contributed by atoms with Crippen molar-refractivity contribution in [2.75, 3.05) is 0 Å². The first-order valence-electron chi connectivity index (χ1n) is 11.1. The highest BCUT2D eigenvalue weighted by molar-refractivity contribution is 5.87. The third kappa shape index (κ3) is 7.11. The molecule has 12 nitrogen and oxygen atoms in total. The van der Waals surface area contributed by atoms with Gasteiger partial charge >= 0.3 is 6.09 Å². The van der Waals surface area contributed by atoms with Crippen LogP contribution in [-0.2, 0) is 22.6 Å². The summed E-state index contributed by atoms with van der Waals surface area (Å²) in [6.45, 7) is 0.0502. The number of rotatable bonds is 10. The Bertz CT molecular complexity index is 1380. The molecule has 3 N–H and O–H groups in total. The first-order chi connectivity index (χ1) is 18.0. The van der Waals surface area contributed by atoms with E-state index in [0.717, 1.165) is 5.56 Å². The third-order valence-electron chi connectivity index (χ3n) is 5.14. The number of carbonyl (C=O) groups is 2. The SMILES string of the molecule is O=C(N[C@H](Cc1cnc[nH]1)C(=O)N/N=C\c1ccc(-c2cccc([N+](=O)[O-])c2)o1)OCc1ccccc1. The average molecular weight is 502 g/mol. The van der Waals surface area contributed by atoms with Gasteiger partial charge in [0, 0.05) is 36.0 Å². The van der Waals surface area contributed by atoms with Crippen LogP contribution in [0.5, 0.6) is 0 Å². The number of nitrogens with one attached hydrogen (secondary N) is 3. The van der Waals surface area contributed by atoms with Crippen molar-refractivity contribution in [3.05, 3.63) is 106 Å². The number of nitro groups is 1. The lowest BCUT2D eigenvalue weighted by Gasteiger charge is -2.16. The topological polar surface area (TPSA) is 165 Å². The Morgan fingerprint density at radius 1 is 1.16 bits per heavy atom. The van der Waals surface area contributed by atoms with Gasteiger partial charge in [-0.25, -0.2) is 15.2 Å². The number of non-ortho nitro benzene ring substituents is 1. The van der Waals surface area contributed by atoms with Gasteiger partial charge in [-0.1, -0.05) is 42.5 Å². The van der Waals surface area contributed by atoms with Crippen molar-refractivity contribution in [2.45, 2.75) is 19.1 Å². The number of nitrogens with zero attached hydrogens (tertiary/aromatic N) is 3. The zero-order valence-electron chi connectivity index (χ0n) is 19.4. The number of furan rings is 1. The molecule has 0 saturated carbocycles. The molecule has 0 unspecified atom stereocenters. The standard InChI is InChI=1S/C25H22N6O6/c32-24(30-28-14-21-9-10-23(37-21)18-7-4-8-20(11-18)31(34)35)22(12-19-13-26-16-27-19)29-25(33)36-15-17-5-2-1-3-6-17/h1-11,13-14,16,22H,12,15H2,(H,26,27)(H,29,33)(H,30,32)/b28-14-/t22-/m1/s1. The fraction of sp³-hybridized carbons (Fsp3) is 0.120. The van der Waals surface area contributed by atoms with Gasteiger partial charge in [-0.15, -0.1) is 0 Å². The van der Waals surface area contributed by atoms with E-state index in [1.165, 1.54) is 24.7 Å². The summed E-state index contributed by atoms with van der Waals surface area (Å²) in [5.41, 5.74) is 4.27. The van der Waals surface area contributed by atoms with Crippen LogP contribution in [0.4, 0.5) is 10.5 Å². The highest BCUT2D eigenvalue weighted by Crippen LogP contribution is 2.25. The minimum Gasteiger partial charge on any atom is -0.455 e. The van der Waals surface area contributed by atoms with Crippen LogP contribution in [0.3, 0.4) is 0 Å². The Morgan fingerprint density at radius 2 is 2.00 bits per heavy atom. The molecule has 4 rings (SSSR count). The summed E-state index contributed by atoms with van der Waals surface area (Å²) in [7, 11) is 0. The van der Waals surface area contributed by atoms with Crippen molar-refractivity contribution >= 4 is 23.9 Å². The molecule has 2 aromatic heterocycles. The number of alkyl carbamates (subject to hydrolysis) is 1. The smallest absolute Gasteiger partial charge is 0.408 e. The molecule has 1 atom stereocenters. The second-order valence-corrected chi connectivity index (χ2v) is 7.78. The molecule has 2 amide bonds. The van der Waals surface area contributed by atoms with Crippen molar-refractivity contribution in [3.8, 4) is 11.3 Å². The van der Waals surface area contributed by atoms with Gasteiger partial charge in [-0.3, -0.25) is 14.9 Å². The molecule has 37 heavy (non-hydrogen) atoms. The fourth-order valence-corrected chi connectivity index (χ4v) is 3.32. The van der Waals surface area contributed by atoms with Gasteiger partial charge < -0.3 is 19.5 Å². The summed E-state index contributed by atoms with van der Waals surface area (Å²) >= 11 is 0. The molecule has 2 heterocycles. The highest BCUT2D eigenvalue weighted by atomic mass is 16.6. The number of ether oxygens (including phenoxy) is 1. The van der Waals surface area contributed by atoms with Crippen LogP contribution in [0.25, 0.3) is 11.3 Å². The van der Waals surface area contributed by atoms with E-state index in [9.17, 15) is 19.7 Å². The molecule has 4 aromatic rings. The molecule has 12 heteroatoms. The van der Waals surface area contributed by atoms with E-state index in [1.807, 2.05) is 30.3 Å². The third-order valence-corrected chi connectivity index (χ3v) is 5.14. The summed E-state index contributed by atoms with van der Waals surface area (Å²) in [5.74, 6) is 0.117. The monoisotopic (exact) mass is 502 g/mol. The molecule has 0 spiro atoms. The van der Waals surface area contributed by atoms with E-state index in [2.05, 4.69) is 25.8 Å². The summed E-state index contributed by atoms with van der Waals surface area (Å²) in [5, 5.41) is 17.4. The summed E-state index contributed by atoms with van der Waals surface area (Å²) < 4.78 is 10.9. The van der Waals surface area contributed by atoms with Crippen molar-refractivity contribution in [1.29, 1.82) is 0 Å². The van der Waals surface area contributed by atoms with Crippen molar-refractivity contribution in [2.24, 2.45) is 5.10 Å². The van der Waals surface area contributed by atoms with Gasteiger partial charge in [0.2, 0.25) is 0 Å². The highest BCUT2D eigenvalue weighted by Gasteiger charge is 2.22. The lowest BCUT2D eigenvalue weighted by molar-refractivity contribution is -0.384. The Hall–Kier alpha value is -5.26. The minimum atomic E-state index is -1.00. The molecular weight excluding hydrogens is 480 g/mol. The molecule has 0 fully saturated rings. The normalized spacial score (nSPS) is 11.7. The van der Waals surface area contributed by atoms with Crippen molar-refractivity contribution in [3.63, 3.8) is 0 Å². The summed E-state index contributed by atoms with van der Waals surface area (Å²) in [6, 6.07) is 17.4. The lowest BCUT2D eigenvalue weighted by Crippen LogP contribution is -2.47. The van der Waals surface area contributed by atoms with Gasteiger partial charge in [0.15, 0.2) is 0 Å². The number of nitro benzene ring substituents is 1. The maximum atomic E-state index is 12.8. The predicted octanol–water partition coefficient (Wildman–Crippen LogP) is 3.57. The maximum Gasteiger partial charge on any atom is 0.408 e. The van der Waals surface area contributed by atoms with Crippen molar-refractivity contribution < 1.29 is 23.7 Å². The van der Waals surface area contributed by atoms with E-state index in [1.54, 1.807) is 30.5 Å². The van der Waals surface area contributed by atoms with Crippen LogP contribution < -0.4 is 10.7 Å². The van der Waals surface area contributed by atoms with Crippen LogP contribution in [0.1, 0.15) is 17.0 Å². The number of carbonyl (C=O) groups excluding carboxylic acids is 2. The predicted molar refractivity (Wildman–Crippen MR) is 132 cm³/mol. The first-order valence-corrected chi connectivity index (χ1v) is 11.1. The van der Waals surface area contributed by atoms with Gasteiger partial charge in [-0.05, 0) is 17.7 Å². The largest absolute Gasteiger partial charge is 0.455 e. The number of hydrogen-bond donors (Lipinski definition) is 3. The number of aromatic nitrogens is 2. The van der Waals surface area contributed by atoms with E-state index in [-0.39, 0.29) is 18.7 Å². The second kappa shape index (κ2) is 11.9. The van der Waals surface area contributed by atoms with Gasteiger partial charge in [-0.2, -0.15) is 5.10 Å². The molecular formula is C25H22N6O6. The quantitative estimate of drug-likeness (QED) is 0.169. The van der Waals surface area contributed by atoms with Crippen molar-refractivity contribution in [1.82, 2.24) is 20.7 Å². The number of imidazole rings is 1. The molecule has 0 aliphatic rings. The Balaban J connectivity index is 1.37. The number of benzene rings is 2. The van der Waals surface area contributed by atoms with Gasteiger partial charge in [0.05, 0.1) is 17.5 Å². The molecule has 0 aliphatic heterocycles. The first kappa shape index (κ1) is 24.9. The van der Waals surface area contributed by atoms with E-state index in [4.69, 9.17) is 9.15 Å². The summed E-state index contributed by atoms with van der Waals surface area (Å²) in [6.07, 6.45) is 3.64. The van der Waals surface area contributed by atoms with Gasteiger partial charge in [0.25, 0.3) is 11.6 Å². The van der Waals surface area contributed by atoms with Gasteiger partial charge in [0.1, 0.15) is 24.2 Å². The zero-order chi connectivity index (χ0) is 26.0. The minimum absolute atomic E-state index is 0.0502. The molecule has 0 aliphatic carbocycles. The summed E-state index contributed by atoms with van der Waals surface area (Å²) in [4.78, 5) is 42.4. The van der Waals surface area contributed by atoms with Crippen LogP contribution in [0.15, 0.2) is 88.8 Å². The average Bonchev–Trinajstić information content (AvgIpc) is 3.60. The van der Waals surface area contributed by atoms with Crippen LogP contribution in [-0.4, -0.2) is 39.1 Å². The number of amides is 2. The maximum absolute atomic E-state index is 12.8. The number of hydrazone groups is 1. The van der Waals surface area contributed by atoms with Crippen LogP contribution >= 0.6 is 0 Å². The molecule has 0 radical (unpaired) electrons. The number of hydrogen-bond acceptors (Lipinski definition) is 8. The lowest BCUT2D eigenvalue weighted by atomic mass is 10.1. The molecule has 2 aromatic carbocycles. The Labute approximate surface area is 210 Å². The van der Waals surface area contributed by atoms with E-state index in [0.29, 0.717) is 22.8 Å². The van der Waals surface area contributed by atoms with E-state index >= 15 is 0 Å². The number of aromatic amines is 1. The Kier molecular flexibility index (Phi) is 8.01. The fourth-order valence-electron chi connectivity index (χ4n) is 3.32.